The maximum absolute atomic E-state index is 12.1. The quantitative estimate of drug-likeness (QED) is 0.788. The van der Waals surface area contributed by atoms with Gasteiger partial charge in [0.05, 0.1) is 12.6 Å². The fourth-order valence-corrected chi connectivity index (χ4v) is 1.78. The predicted octanol–water partition coefficient (Wildman–Crippen LogP) is 0.758. The Bertz CT molecular complexity index is 513. The van der Waals surface area contributed by atoms with Gasteiger partial charge in [0.2, 0.25) is 0 Å². The summed E-state index contributed by atoms with van der Waals surface area (Å²) in [7, 11) is 1.67. The molecular formula is C15H20N2O2. The van der Waals surface area contributed by atoms with Crippen molar-refractivity contribution in [2.45, 2.75) is 20.0 Å². The number of aryl methyl sites for hydroxylation is 1. The van der Waals surface area contributed by atoms with E-state index in [4.69, 9.17) is 5.73 Å². The average Bonchev–Trinajstić information content (AvgIpc) is 2.35. The van der Waals surface area contributed by atoms with Crippen LogP contribution in [0, 0.1) is 18.8 Å². The molecule has 0 aliphatic carbocycles. The van der Waals surface area contributed by atoms with Crippen LogP contribution in [0.4, 0.5) is 0 Å². The van der Waals surface area contributed by atoms with Crippen molar-refractivity contribution in [3.8, 4) is 11.8 Å². The van der Waals surface area contributed by atoms with E-state index < -0.39 is 6.10 Å². The zero-order chi connectivity index (χ0) is 14.4. The molecule has 0 spiro atoms. The van der Waals surface area contributed by atoms with Gasteiger partial charge in [0.1, 0.15) is 0 Å². The Labute approximate surface area is 114 Å². The van der Waals surface area contributed by atoms with Crippen molar-refractivity contribution in [1.29, 1.82) is 0 Å². The third-order valence-corrected chi connectivity index (χ3v) is 2.68. The second-order valence-corrected chi connectivity index (χ2v) is 4.57. The van der Waals surface area contributed by atoms with Crippen LogP contribution in [0.15, 0.2) is 18.2 Å². The normalized spacial score (nSPS) is 11.4. The topological polar surface area (TPSA) is 66.6 Å². The van der Waals surface area contributed by atoms with Crippen LogP contribution in [0.25, 0.3) is 0 Å². The maximum atomic E-state index is 12.1. The van der Waals surface area contributed by atoms with Gasteiger partial charge in [-0.25, -0.2) is 0 Å². The van der Waals surface area contributed by atoms with E-state index in [0.717, 1.165) is 11.1 Å². The summed E-state index contributed by atoms with van der Waals surface area (Å²) >= 11 is 0. The molecule has 3 N–H and O–H groups in total. The summed E-state index contributed by atoms with van der Waals surface area (Å²) in [6.45, 7) is 4.19. The molecule has 1 aromatic rings. The van der Waals surface area contributed by atoms with E-state index in [2.05, 4.69) is 11.8 Å². The number of carbonyl (C=O) groups is 1. The van der Waals surface area contributed by atoms with Gasteiger partial charge in [-0.3, -0.25) is 4.79 Å². The summed E-state index contributed by atoms with van der Waals surface area (Å²) in [6, 6.07) is 5.37. The number of amides is 1. The SMILES string of the molecule is Cc1cc(C(=O)N(C)CC(C)O)ccc1C#CCN. The monoisotopic (exact) mass is 260 g/mol. The molecule has 4 nitrogen and oxygen atoms in total. The van der Waals surface area contributed by atoms with Gasteiger partial charge in [-0.15, -0.1) is 0 Å². The second-order valence-electron chi connectivity index (χ2n) is 4.57. The molecule has 1 atom stereocenters. The Morgan fingerprint density at radius 1 is 1.53 bits per heavy atom. The molecule has 1 rings (SSSR count). The minimum atomic E-state index is -0.537. The number of nitrogens with zero attached hydrogens (tertiary/aromatic N) is 1. The Balaban J connectivity index is 2.91. The number of benzene rings is 1. The van der Waals surface area contributed by atoms with E-state index in [1.807, 2.05) is 13.0 Å². The molecule has 0 aromatic heterocycles. The number of nitrogens with two attached hydrogens (primary N) is 1. The van der Waals surface area contributed by atoms with Crippen molar-refractivity contribution in [3.63, 3.8) is 0 Å². The van der Waals surface area contributed by atoms with Gasteiger partial charge < -0.3 is 15.7 Å². The molecule has 0 saturated heterocycles. The number of likely N-dealkylation sites (N-methyl/N-ethyl adjacent to an activating group) is 1. The van der Waals surface area contributed by atoms with Crippen LogP contribution < -0.4 is 5.73 Å². The van der Waals surface area contributed by atoms with Crippen molar-refractivity contribution in [1.82, 2.24) is 4.90 Å². The highest BCUT2D eigenvalue weighted by Gasteiger charge is 2.13. The molecule has 102 valence electrons. The molecule has 0 bridgehead atoms. The van der Waals surface area contributed by atoms with E-state index in [1.165, 1.54) is 4.90 Å². The van der Waals surface area contributed by atoms with Gasteiger partial charge in [0.15, 0.2) is 0 Å². The number of hydrogen-bond acceptors (Lipinski definition) is 3. The summed E-state index contributed by atoms with van der Waals surface area (Å²) in [5.41, 5.74) is 7.75. The first-order chi connectivity index (χ1) is 8.95. The second kappa shape index (κ2) is 6.93. The first-order valence-corrected chi connectivity index (χ1v) is 6.18. The summed E-state index contributed by atoms with van der Waals surface area (Å²) in [4.78, 5) is 13.6. The zero-order valence-corrected chi connectivity index (χ0v) is 11.6. The lowest BCUT2D eigenvalue weighted by Gasteiger charge is -2.19. The summed E-state index contributed by atoms with van der Waals surface area (Å²) in [6.07, 6.45) is -0.537. The first kappa shape index (κ1) is 15.2. The van der Waals surface area contributed by atoms with Crippen molar-refractivity contribution in [2.24, 2.45) is 5.73 Å². The highest BCUT2D eigenvalue weighted by Crippen LogP contribution is 2.12. The number of hydrogen-bond donors (Lipinski definition) is 2. The van der Waals surface area contributed by atoms with Gasteiger partial charge in [-0.1, -0.05) is 11.8 Å². The summed E-state index contributed by atoms with van der Waals surface area (Å²) in [5, 5.41) is 9.29. The molecule has 1 unspecified atom stereocenters. The number of rotatable bonds is 3. The Morgan fingerprint density at radius 2 is 2.21 bits per heavy atom. The molecule has 0 radical (unpaired) electrons. The van der Waals surface area contributed by atoms with Crippen molar-refractivity contribution >= 4 is 5.91 Å². The van der Waals surface area contributed by atoms with Crippen molar-refractivity contribution in [3.05, 3.63) is 34.9 Å². The van der Waals surface area contributed by atoms with E-state index >= 15 is 0 Å². The highest BCUT2D eigenvalue weighted by atomic mass is 16.3. The van der Waals surface area contributed by atoms with Gasteiger partial charge >= 0.3 is 0 Å². The standard InChI is InChI=1S/C15H20N2O2/c1-11-9-14(7-6-13(11)5-4-8-16)15(19)17(3)10-12(2)18/h6-7,9,12,18H,8,10,16H2,1-3H3. The molecule has 0 fully saturated rings. The van der Waals surface area contributed by atoms with E-state index in [9.17, 15) is 9.90 Å². The molecule has 0 heterocycles. The van der Waals surface area contributed by atoms with Crippen LogP contribution in [0.2, 0.25) is 0 Å². The molecule has 0 aliphatic heterocycles. The van der Waals surface area contributed by atoms with Gasteiger partial charge in [-0.05, 0) is 37.6 Å². The molecule has 0 saturated carbocycles. The third kappa shape index (κ3) is 4.40. The molecule has 19 heavy (non-hydrogen) atoms. The molecule has 0 aliphatic rings. The van der Waals surface area contributed by atoms with Crippen molar-refractivity contribution in [2.75, 3.05) is 20.1 Å². The Hall–Kier alpha value is -1.83. The Kier molecular flexibility index (Phi) is 5.56. The van der Waals surface area contributed by atoms with E-state index in [0.29, 0.717) is 18.7 Å². The lowest BCUT2D eigenvalue weighted by molar-refractivity contribution is 0.0703. The fourth-order valence-electron chi connectivity index (χ4n) is 1.78. The smallest absolute Gasteiger partial charge is 0.253 e. The van der Waals surface area contributed by atoms with Crippen LogP contribution in [-0.2, 0) is 0 Å². The molecule has 1 amide bonds. The Morgan fingerprint density at radius 3 is 2.74 bits per heavy atom. The molecule has 4 heteroatoms. The van der Waals surface area contributed by atoms with E-state index in [-0.39, 0.29) is 5.91 Å². The van der Waals surface area contributed by atoms with Gasteiger partial charge in [0.25, 0.3) is 5.91 Å². The molecule has 1 aromatic carbocycles. The number of aliphatic hydroxyl groups is 1. The zero-order valence-electron chi connectivity index (χ0n) is 11.6. The summed E-state index contributed by atoms with van der Waals surface area (Å²) in [5.74, 6) is 5.64. The maximum Gasteiger partial charge on any atom is 0.253 e. The lowest BCUT2D eigenvalue weighted by atomic mass is 10.0. The van der Waals surface area contributed by atoms with Crippen LogP contribution >= 0.6 is 0 Å². The largest absolute Gasteiger partial charge is 0.392 e. The number of aliphatic hydroxyl groups excluding tert-OH is 1. The summed E-state index contributed by atoms with van der Waals surface area (Å²) < 4.78 is 0. The van der Waals surface area contributed by atoms with Gasteiger partial charge in [0, 0.05) is 24.7 Å². The first-order valence-electron chi connectivity index (χ1n) is 6.18. The highest BCUT2D eigenvalue weighted by molar-refractivity contribution is 5.94. The van der Waals surface area contributed by atoms with E-state index in [1.54, 1.807) is 26.1 Å². The average molecular weight is 260 g/mol. The molecular weight excluding hydrogens is 240 g/mol. The number of carbonyl (C=O) groups excluding carboxylic acids is 1. The van der Waals surface area contributed by atoms with Crippen LogP contribution in [0.3, 0.4) is 0 Å². The minimum absolute atomic E-state index is 0.109. The van der Waals surface area contributed by atoms with Crippen LogP contribution in [0.1, 0.15) is 28.4 Å². The fraction of sp³-hybridized carbons (Fsp3) is 0.400. The van der Waals surface area contributed by atoms with Gasteiger partial charge in [-0.2, -0.15) is 0 Å². The lowest BCUT2D eigenvalue weighted by Crippen LogP contribution is -2.33. The van der Waals surface area contributed by atoms with Crippen molar-refractivity contribution < 1.29 is 9.90 Å². The van der Waals surface area contributed by atoms with Crippen LogP contribution in [0.5, 0.6) is 0 Å². The third-order valence-electron chi connectivity index (χ3n) is 2.68. The van der Waals surface area contributed by atoms with Crippen LogP contribution in [-0.4, -0.2) is 42.2 Å². The predicted molar refractivity (Wildman–Crippen MR) is 75.8 cm³/mol. The minimum Gasteiger partial charge on any atom is -0.392 e.